The molecule has 0 fully saturated rings. The molecular formula is C18H32N2. The summed E-state index contributed by atoms with van der Waals surface area (Å²) in [4.78, 5) is 2.29. The van der Waals surface area contributed by atoms with Gasteiger partial charge in [0.05, 0.1) is 0 Å². The van der Waals surface area contributed by atoms with Crippen molar-refractivity contribution in [3.8, 4) is 0 Å². The van der Waals surface area contributed by atoms with Crippen LogP contribution in [0.25, 0.3) is 0 Å². The zero-order chi connectivity index (χ0) is 15.6. The first kappa shape index (κ1) is 17.2. The number of nitrogens with one attached hydrogen (secondary N) is 1. The third-order valence-electron chi connectivity index (χ3n) is 4.61. The van der Waals surface area contributed by atoms with Gasteiger partial charge >= 0.3 is 0 Å². The Bertz CT molecular complexity index is 410. The van der Waals surface area contributed by atoms with E-state index in [9.17, 15) is 0 Å². The molecular weight excluding hydrogens is 244 g/mol. The Hall–Kier alpha value is -0.860. The highest BCUT2D eigenvalue weighted by atomic mass is 15.2. The van der Waals surface area contributed by atoms with Gasteiger partial charge in [-0.2, -0.15) is 0 Å². The van der Waals surface area contributed by atoms with Crippen molar-refractivity contribution in [2.45, 2.75) is 58.0 Å². The van der Waals surface area contributed by atoms with E-state index in [-0.39, 0.29) is 11.0 Å². The fourth-order valence-electron chi connectivity index (χ4n) is 2.39. The summed E-state index contributed by atoms with van der Waals surface area (Å²) in [7, 11) is 6.35. The molecule has 1 N–H and O–H groups in total. The summed E-state index contributed by atoms with van der Waals surface area (Å²) < 4.78 is 0. The van der Waals surface area contributed by atoms with Gasteiger partial charge in [0.25, 0.3) is 0 Å². The molecule has 1 rings (SSSR count). The molecule has 1 unspecified atom stereocenters. The van der Waals surface area contributed by atoms with Crippen LogP contribution in [0.2, 0.25) is 0 Å². The second kappa shape index (κ2) is 6.28. The van der Waals surface area contributed by atoms with Crippen LogP contribution in [0.5, 0.6) is 0 Å². The molecule has 0 spiro atoms. The Morgan fingerprint density at radius 3 is 1.85 bits per heavy atom. The summed E-state index contributed by atoms with van der Waals surface area (Å²) in [5, 5.41) is 3.48. The highest BCUT2D eigenvalue weighted by molar-refractivity contribution is 5.28. The summed E-state index contributed by atoms with van der Waals surface area (Å²) in [6.07, 6.45) is 1.05. The highest BCUT2D eigenvalue weighted by Gasteiger charge is 2.30. The molecule has 0 radical (unpaired) electrons. The first-order valence-corrected chi connectivity index (χ1v) is 7.53. The predicted molar refractivity (Wildman–Crippen MR) is 89.5 cm³/mol. The van der Waals surface area contributed by atoms with Gasteiger partial charge in [0.2, 0.25) is 0 Å². The fourth-order valence-corrected chi connectivity index (χ4v) is 2.39. The van der Waals surface area contributed by atoms with Crippen molar-refractivity contribution in [3.05, 3.63) is 35.4 Å². The van der Waals surface area contributed by atoms with Crippen LogP contribution < -0.4 is 5.32 Å². The quantitative estimate of drug-likeness (QED) is 0.886. The molecule has 0 bridgehead atoms. The lowest BCUT2D eigenvalue weighted by molar-refractivity contribution is 0.141. The summed E-state index contributed by atoms with van der Waals surface area (Å²) in [5.41, 5.74) is 3.14. The maximum Gasteiger partial charge on any atom is 0.0303 e. The summed E-state index contributed by atoms with van der Waals surface area (Å²) >= 11 is 0. The molecule has 0 aliphatic rings. The van der Waals surface area contributed by atoms with Gasteiger partial charge in [0.1, 0.15) is 0 Å². The number of hydrogen-bond donors (Lipinski definition) is 1. The van der Waals surface area contributed by atoms with Crippen LogP contribution in [0.15, 0.2) is 24.3 Å². The number of hydrogen-bond acceptors (Lipinski definition) is 2. The number of likely N-dealkylation sites (N-methyl/N-ethyl adjacent to an activating group) is 2. The Balaban J connectivity index is 2.87. The van der Waals surface area contributed by atoms with Crippen molar-refractivity contribution in [3.63, 3.8) is 0 Å². The van der Waals surface area contributed by atoms with Crippen LogP contribution in [-0.2, 0) is 11.8 Å². The van der Waals surface area contributed by atoms with Gasteiger partial charge in [-0.05, 0) is 58.0 Å². The van der Waals surface area contributed by atoms with Gasteiger partial charge in [0, 0.05) is 11.6 Å². The third kappa shape index (κ3) is 4.07. The molecule has 0 amide bonds. The molecule has 0 saturated heterocycles. The topological polar surface area (TPSA) is 15.3 Å². The molecule has 2 heteroatoms. The first-order chi connectivity index (χ1) is 9.09. The van der Waals surface area contributed by atoms with Crippen molar-refractivity contribution < 1.29 is 0 Å². The Kier molecular flexibility index (Phi) is 5.39. The molecule has 0 heterocycles. The fraction of sp³-hybridized carbons (Fsp3) is 0.667. The summed E-state index contributed by atoms with van der Waals surface area (Å²) in [6.45, 7) is 11.4. The molecule has 1 aromatic carbocycles. The first-order valence-electron chi connectivity index (χ1n) is 7.53. The normalized spacial score (nSPS) is 14.7. The van der Waals surface area contributed by atoms with Gasteiger partial charge in [-0.3, -0.25) is 0 Å². The van der Waals surface area contributed by atoms with E-state index in [1.165, 1.54) is 11.1 Å². The van der Waals surface area contributed by atoms with E-state index in [1.807, 2.05) is 0 Å². The average Bonchev–Trinajstić information content (AvgIpc) is 2.35. The molecule has 0 saturated carbocycles. The van der Waals surface area contributed by atoms with E-state index in [0.29, 0.717) is 6.04 Å². The Labute approximate surface area is 125 Å². The van der Waals surface area contributed by atoms with E-state index < -0.39 is 0 Å². The SMILES string of the molecule is CNC(Cc1ccc(C(C)(C)C)cc1)C(C)(C)N(C)C. The zero-order valence-corrected chi connectivity index (χ0v) is 14.5. The van der Waals surface area contributed by atoms with Gasteiger partial charge in [-0.15, -0.1) is 0 Å². The maximum absolute atomic E-state index is 3.48. The number of rotatable bonds is 5. The highest BCUT2D eigenvalue weighted by Crippen LogP contribution is 2.24. The molecule has 0 aliphatic carbocycles. The molecule has 1 aromatic rings. The van der Waals surface area contributed by atoms with Crippen molar-refractivity contribution in [1.29, 1.82) is 0 Å². The second-order valence-electron chi connectivity index (χ2n) is 7.54. The summed E-state index contributed by atoms with van der Waals surface area (Å²) in [6, 6.07) is 9.51. The van der Waals surface area contributed by atoms with E-state index in [2.05, 4.69) is 90.2 Å². The van der Waals surface area contributed by atoms with E-state index in [0.717, 1.165) is 6.42 Å². The number of benzene rings is 1. The minimum absolute atomic E-state index is 0.122. The van der Waals surface area contributed by atoms with E-state index in [1.54, 1.807) is 0 Å². The average molecular weight is 276 g/mol. The number of nitrogens with zero attached hydrogens (tertiary/aromatic N) is 1. The Morgan fingerprint density at radius 2 is 1.50 bits per heavy atom. The molecule has 20 heavy (non-hydrogen) atoms. The monoisotopic (exact) mass is 276 g/mol. The van der Waals surface area contributed by atoms with Crippen LogP contribution in [0.4, 0.5) is 0 Å². The van der Waals surface area contributed by atoms with Gasteiger partial charge in [0.15, 0.2) is 0 Å². The van der Waals surface area contributed by atoms with Crippen LogP contribution in [-0.4, -0.2) is 37.6 Å². The summed E-state index contributed by atoms with van der Waals surface area (Å²) in [5.74, 6) is 0. The predicted octanol–water partition coefficient (Wildman–Crippen LogP) is 3.45. The second-order valence-corrected chi connectivity index (χ2v) is 7.54. The van der Waals surface area contributed by atoms with Crippen molar-refractivity contribution in [2.24, 2.45) is 0 Å². The minimum Gasteiger partial charge on any atom is -0.315 e. The lowest BCUT2D eigenvalue weighted by atomic mass is 9.84. The molecule has 0 aliphatic heterocycles. The van der Waals surface area contributed by atoms with Gasteiger partial charge in [-0.1, -0.05) is 45.0 Å². The van der Waals surface area contributed by atoms with Gasteiger partial charge < -0.3 is 10.2 Å². The van der Waals surface area contributed by atoms with Crippen LogP contribution in [0, 0.1) is 0 Å². The maximum atomic E-state index is 3.48. The third-order valence-corrected chi connectivity index (χ3v) is 4.61. The van der Waals surface area contributed by atoms with Crippen LogP contribution in [0.1, 0.15) is 45.7 Å². The van der Waals surface area contributed by atoms with Crippen molar-refractivity contribution >= 4 is 0 Å². The van der Waals surface area contributed by atoms with E-state index >= 15 is 0 Å². The molecule has 1 atom stereocenters. The smallest absolute Gasteiger partial charge is 0.0303 e. The van der Waals surface area contributed by atoms with E-state index in [4.69, 9.17) is 0 Å². The van der Waals surface area contributed by atoms with Crippen LogP contribution in [0.3, 0.4) is 0 Å². The lowest BCUT2D eigenvalue weighted by Gasteiger charge is -2.40. The van der Waals surface area contributed by atoms with Gasteiger partial charge in [-0.25, -0.2) is 0 Å². The standard InChI is InChI=1S/C18H32N2/c1-17(2,3)15-11-9-14(10-12-15)13-16(19-6)18(4,5)20(7)8/h9-12,16,19H,13H2,1-8H3. The van der Waals surface area contributed by atoms with Crippen LogP contribution >= 0.6 is 0 Å². The largest absolute Gasteiger partial charge is 0.315 e. The molecule has 0 aromatic heterocycles. The lowest BCUT2D eigenvalue weighted by Crippen LogP contribution is -2.55. The Morgan fingerprint density at radius 1 is 1.00 bits per heavy atom. The minimum atomic E-state index is 0.122. The van der Waals surface area contributed by atoms with Crippen molar-refractivity contribution in [2.75, 3.05) is 21.1 Å². The zero-order valence-electron chi connectivity index (χ0n) is 14.5. The van der Waals surface area contributed by atoms with Crippen molar-refractivity contribution in [1.82, 2.24) is 10.2 Å². The molecule has 2 nitrogen and oxygen atoms in total. The molecule has 114 valence electrons.